The number of amides is 1. The van der Waals surface area contributed by atoms with Gasteiger partial charge in [-0.25, -0.2) is 5.43 Å². The van der Waals surface area contributed by atoms with Gasteiger partial charge in [-0.15, -0.1) is 0 Å². The Bertz CT molecular complexity index is 693. The summed E-state index contributed by atoms with van der Waals surface area (Å²) in [5, 5.41) is 1.25. The van der Waals surface area contributed by atoms with Crippen molar-refractivity contribution in [3.8, 4) is 0 Å². The number of nitrogens with zero attached hydrogens (tertiary/aromatic N) is 2. The number of fused-ring (bicyclic) bond motifs is 1. The minimum Gasteiger partial charge on any atom is -0.378 e. The van der Waals surface area contributed by atoms with Crippen molar-refractivity contribution in [2.45, 2.75) is 25.0 Å². The maximum atomic E-state index is 12.5. The summed E-state index contributed by atoms with van der Waals surface area (Å²) < 4.78 is 7.56. The Labute approximate surface area is 135 Å². The Hall–Kier alpha value is -1.89. The largest absolute Gasteiger partial charge is 0.378 e. The van der Waals surface area contributed by atoms with Gasteiger partial charge in [0.1, 0.15) is 6.04 Å². The van der Waals surface area contributed by atoms with E-state index < -0.39 is 0 Å². The summed E-state index contributed by atoms with van der Waals surface area (Å²) in [5.74, 6) is 0.181. The Morgan fingerprint density at radius 1 is 1.17 bits per heavy atom. The molecule has 2 aliphatic rings. The Morgan fingerprint density at radius 2 is 2.00 bits per heavy atom. The molecule has 4 rings (SSSR count). The summed E-state index contributed by atoms with van der Waals surface area (Å²) in [6, 6.07) is 10.6. The van der Waals surface area contributed by atoms with Crippen molar-refractivity contribution in [2.24, 2.45) is 0 Å². The normalized spacial score (nSPS) is 25.1. The zero-order valence-corrected chi connectivity index (χ0v) is 13.1. The van der Waals surface area contributed by atoms with Crippen LogP contribution in [-0.4, -0.2) is 53.8 Å². The fourth-order valence-corrected chi connectivity index (χ4v) is 3.44. The third-order valence-corrected chi connectivity index (χ3v) is 4.70. The first-order valence-corrected chi connectivity index (χ1v) is 8.23. The minimum atomic E-state index is -0.139. The molecule has 2 saturated heterocycles. The number of carbonyl (C=O) groups excluding carboxylic acids is 1. The molecule has 0 bridgehead atoms. The highest BCUT2D eigenvalue weighted by Gasteiger charge is 2.32. The Balaban J connectivity index is 1.39. The van der Waals surface area contributed by atoms with E-state index in [-0.39, 0.29) is 18.0 Å². The first-order valence-electron chi connectivity index (χ1n) is 8.23. The molecular formula is C17H22N4O2. The average Bonchev–Trinajstić information content (AvgIpc) is 3.23. The maximum Gasteiger partial charge on any atom is 0.241 e. The van der Waals surface area contributed by atoms with E-state index in [1.54, 1.807) is 0 Å². The fourth-order valence-electron chi connectivity index (χ4n) is 3.44. The number of hydrogen-bond donors (Lipinski definition) is 2. The lowest BCUT2D eigenvalue weighted by Crippen LogP contribution is -2.49. The van der Waals surface area contributed by atoms with Gasteiger partial charge in [-0.05, 0) is 23.9 Å². The highest BCUT2D eigenvalue weighted by Crippen LogP contribution is 2.18. The number of benzene rings is 1. The Kier molecular flexibility index (Phi) is 4.03. The number of ether oxygens (including phenoxy) is 1. The summed E-state index contributed by atoms with van der Waals surface area (Å²) in [4.78, 5) is 14.4. The molecule has 1 aromatic heterocycles. The molecule has 1 amide bonds. The lowest BCUT2D eigenvalue weighted by molar-refractivity contribution is -0.137. The van der Waals surface area contributed by atoms with Gasteiger partial charge in [-0.1, -0.05) is 18.2 Å². The molecule has 0 saturated carbocycles. The van der Waals surface area contributed by atoms with Gasteiger partial charge in [0.2, 0.25) is 5.91 Å². The zero-order valence-electron chi connectivity index (χ0n) is 13.1. The van der Waals surface area contributed by atoms with Crippen molar-refractivity contribution in [2.75, 3.05) is 26.3 Å². The van der Waals surface area contributed by atoms with Gasteiger partial charge in [0, 0.05) is 37.4 Å². The van der Waals surface area contributed by atoms with Crippen LogP contribution in [0.4, 0.5) is 0 Å². The van der Waals surface area contributed by atoms with Crippen LogP contribution in [0.3, 0.4) is 0 Å². The van der Waals surface area contributed by atoms with E-state index in [4.69, 9.17) is 4.74 Å². The molecule has 2 atom stereocenters. The smallest absolute Gasteiger partial charge is 0.241 e. The molecule has 2 fully saturated rings. The third-order valence-electron chi connectivity index (χ3n) is 4.70. The lowest BCUT2D eigenvalue weighted by atomic mass is 10.1. The van der Waals surface area contributed by atoms with E-state index in [0.717, 1.165) is 13.0 Å². The summed E-state index contributed by atoms with van der Waals surface area (Å²) in [6.45, 7) is 3.54. The van der Waals surface area contributed by atoms with Crippen molar-refractivity contribution in [3.63, 3.8) is 0 Å². The number of nitrogens with one attached hydrogen (secondary N) is 2. The number of morpholine rings is 1. The van der Waals surface area contributed by atoms with E-state index in [2.05, 4.69) is 51.9 Å². The molecule has 2 N–H and O–H groups in total. The average molecular weight is 314 g/mol. The molecule has 23 heavy (non-hydrogen) atoms. The van der Waals surface area contributed by atoms with Crippen LogP contribution in [0, 0.1) is 0 Å². The Morgan fingerprint density at radius 3 is 2.87 bits per heavy atom. The minimum absolute atomic E-state index is 0.139. The number of carbonyl (C=O) groups is 1. The maximum absolute atomic E-state index is 12.5. The van der Waals surface area contributed by atoms with Gasteiger partial charge in [0.05, 0.1) is 13.2 Å². The molecule has 2 aliphatic heterocycles. The van der Waals surface area contributed by atoms with Crippen molar-refractivity contribution in [3.05, 3.63) is 36.5 Å². The van der Waals surface area contributed by atoms with Crippen LogP contribution in [0.25, 0.3) is 10.9 Å². The molecule has 2 aromatic rings. The predicted octanol–water partition coefficient (Wildman–Crippen LogP) is 0.735. The van der Waals surface area contributed by atoms with Gasteiger partial charge < -0.3 is 14.2 Å². The number of hydrogen-bond acceptors (Lipinski definition) is 4. The van der Waals surface area contributed by atoms with Crippen LogP contribution in [0.5, 0.6) is 0 Å². The summed E-state index contributed by atoms with van der Waals surface area (Å²) in [7, 11) is 0. The fraction of sp³-hybridized carbons (Fsp3) is 0.471. The number of rotatable bonds is 3. The second-order valence-electron chi connectivity index (χ2n) is 6.24. The quantitative estimate of drug-likeness (QED) is 0.877. The monoisotopic (exact) mass is 314 g/mol. The third kappa shape index (κ3) is 2.97. The van der Waals surface area contributed by atoms with Crippen LogP contribution in [-0.2, 0) is 16.1 Å². The van der Waals surface area contributed by atoms with Crippen molar-refractivity contribution >= 4 is 16.8 Å². The standard InChI is InChI=1S/C17H22N4O2/c22-17(20-7-9-23-10-8-20)15-11-14(18-19-15)12-21-6-5-13-3-1-2-4-16(13)21/h1-6,14-15,18-19H,7-12H2. The van der Waals surface area contributed by atoms with Gasteiger partial charge in [0.15, 0.2) is 0 Å². The van der Waals surface area contributed by atoms with Crippen LogP contribution < -0.4 is 10.9 Å². The molecular weight excluding hydrogens is 292 g/mol. The van der Waals surface area contributed by atoms with E-state index >= 15 is 0 Å². The van der Waals surface area contributed by atoms with E-state index in [0.29, 0.717) is 26.3 Å². The van der Waals surface area contributed by atoms with Crippen molar-refractivity contribution in [1.82, 2.24) is 20.3 Å². The number of aromatic nitrogens is 1. The second-order valence-corrected chi connectivity index (χ2v) is 6.24. The number of hydrazine groups is 1. The van der Waals surface area contributed by atoms with Crippen LogP contribution >= 0.6 is 0 Å². The molecule has 3 heterocycles. The van der Waals surface area contributed by atoms with Crippen molar-refractivity contribution < 1.29 is 9.53 Å². The molecule has 1 aromatic carbocycles. The first kappa shape index (κ1) is 14.7. The molecule has 0 radical (unpaired) electrons. The molecule has 0 aliphatic carbocycles. The summed E-state index contributed by atoms with van der Waals surface area (Å²) >= 11 is 0. The van der Waals surface area contributed by atoms with Crippen molar-refractivity contribution in [1.29, 1.82) is 0 Å². The second kappa shape index (κ2) is 6.31. The van der Waals surface area contributed by atoms with Gasteiger partial charge in [-0.3, -0.25) is 10.2 Å². The van der Waals surface area contributed by atoms with E-state index in [9.17, 15) is 4.79 Å². The van der Waals surface area contributed by atoms with E-state index in [1.807, 2.05) is 4.90 Å². The van der Waals surface area contributed by atoms with Crippen LogP contribution in [0.2, 0.25) is 0 Å². The van der Waals surface area contributed by atoms with Gasteiger partial charge in [0.25, 0.3) is 0 Å². The lowest BCUT2D eigenvalue weighted by Gasteiger charge is -2.28. The summed E-state index contributed by atoms with van der Waals surface area (Å²) in [5.41, 5.74) is 7.68. The number of para-hydroxylation sites is 1. The zero-order chi connectivity index (χ0) is 15.6. The molecule has 122 valence electrons. The highest BCUT2D eigenvalue weighted by molar-refractivity contribution is 5.82. The van der Waals surface area contributed by atoms with Crippen LogP contribution in [0.1, 0.15) is 6.42 Å². The van der Waals surface area contributed by atoms with Gasteiger partial charge >= 0.3 is 0 Å². The van der Waals surface area contributed by atoms with E-state index in [1.165, 1.54) is 10.9 Å². The molecule has 0 spiro atoms. The predicted molar refractivity (Wildman–Crippen MR) is 87.8 cm³/mol. The first-order chi connectivity index (χ1) is 11.3. The summed E-state index contributed by atoms with van der Waals surface area (Å²) in [6.07, 6.45) is 2.92. The SMILES string of the molecule is O=C(C1CC(Cn2ccc3ccccc32)NN1)N1CCOCC1. The highest BCUT2D eigenvalue weighted by atomic mass is 16.5. The topological polar surface area (TPSA) is 58.5 Å². The van der Waals surface area contributed by atoms with Gasteiger partial charge in [-0.2, -0.15) is 0 Å². The molecule has 2 unspecified atom stereocenters. The molecule has 6 heteroatoms. The van der Waals surface area contributed by atoms with Crippen LogP contribution in [0.15, 0.2) is 36.5 Å². The molecule has 6 nitrogen and oxygen atoms in total.